The number of nitrogens with two attached hydrogens (primary N) is 1. The molecular formula is C14H21NO2. The minimum absolute atomic E-state index is 0.322. The maximum Gasteiger partial charge on any atom is 0.0822 e. The van der Waals surface area contributed by atoms with Crippen molar-refractivity contribution in [1.29, 1.82) is 0 Å². The summed E-state index contributed by atoms with van der Waals surface area (Å²) in [5.74, 6) is 0.322. The highest BCUT2D eigenvalue weighted by Gasteiger charge is 2.24. The molecule has 0 bridgehead atoms. The van der Waals surface area contributed by atoms with Crippen LogP contribution in [-0.2, 0) is 11.2 Å². The Morgan fingerprint density at radius 3 is 2.71 bits per heavy atom. The van der Waals surface area contributed by atoms with Crippen LogP contribution in [0.3, 0.4) is 0 Å². The topological polar surface area (TPSA) is 55.5 Å². The Morgan fingerprint density at radius 1 is 1.29 bits per heavy atom. The third kappa shape index (κ3) is 3.06. The minimum atomic E-state index is -0.373. The van der Waals surface area contributed by atoms with Crippen LogP contribution in [-0.4, -0.2) is 24.9 Å². The summed E-state index contributed by atoms with van der Waals surface area (Å²) in [5.41, 5.74) is 7.83. The van der Waals surface area contributed by atoms with Gasteiger partial charge in [0.05, 0.1) is 6.10 Å². The number of hydrogen-bond acceptors (Lipinski definition) is 3. The third-order valence-electron chi connectivity index (χ3n) is 3.50. The van der Waals surface area contributed by atoms with Crippen LogP contribution in [0, 0.1) is 5.92 Å². The van der Waals surface area contributed by atoms with E-state index in [-0.39, 0.29) is 6.10 Å². The number of ether oxygens (including phenoxy) is 1. The molecule has 1 saturated heterocycles. The normalized spacial score (nSPS) is 19.2. The Kier molecular flexibility index (Phi) is 4.54. The quantitative estimate of drug-likeness (QED) is 0.834. The lowest BCUT2D eigenvalue weighted by molar-refractivity contribution is 0.00687. The first-order chi connectivity index (χ1) is 8.33. The SMILES string of the molecule is NCCc1ccccc1C(O)C1CCOCC1. The fraction of sp³-hybridized carbons (Fsp3) is 0.571. The first kappa shape index (κ1) is 12.6. The van der Waals surface area contributed by atoms with E-state index >= 15 is 0 Å². The van der Waals surface area contributed by atoms with E-state index in [0.717, 1.165) is 38.0 Å². The van der Waals surface area contributed by atoms with Gasteiger partial charge >= 0.3 is 0 Å². The second-order valence-corrected chi connectivity index (χ2v) is 4.63. The molecule has 1 heterocycles. The number of benzene rings is 1. The maximum atomic E-state index is 10.5. The molecule has 1 atom stereocenters. The molecule has 2 rings (SSSR count). The summed E-state index contributed by atoms with van der Waals surface area (Å²) >= 11 is 0. The summed E-state index contributed by atoms with van der Waals surface area (Å²) < 4.78 is 5.33. The molecule has 0 spiro atoms. The van der Waals surface area contributed by atoms with Crippen molar-refractivity contribution in [3.8, 4) is 0 Å². The van der Waals surface area contributed by atoms with E-state index in [1.54, 1.807) is 0 Å². The zero-order valence-corrected chi connectivity index (χ0v) is 10.1. The molecule has 3 heteroatoms. The predicted octanol–water partition coefficient (Wildman–Crippen LogP) is 1.65. The van der Waals surface area contributed by atoms with Gasteiger partial charge in [-0.2, -0.15) is 0 Å². The highest BCUT2D eigenvalue weighted by molar-refractivity contribution is 5.29. The first-order valence-electron chi connectivity index (χ1n) is 6.36. The lowest BCUT2D eigenvalue weighted by Gasteiger charge is -2.28. The first-order valence-corrected chi connectivity index (χ1v) is 6.36. The van der Waals surface area contributed by atoms with Crippen LogP contribution in [0.1, 0.15) is 30.1 Å². The monoisotopic (exact) mass is 235 g/mol. The van der Waals surface area contributed by atoms with E-state index < -0.39 is 0 Å². The molecule has 1 aliphatic heterocycles. The molecule has 1 aromatic carbocycles. The van der Waals surface area contributed by atoms with Crippen molar-refractivity contribution in [2.75, 3.05) is 19.8 Å². The van der Waals surface area contributed by atoms with Crippen LogP contribution >= 0.6 is 0 Å². The van der Waals surface area contributed by atoms with E-state index in [2.05, 4.69) is 6.07 Å². The minimum Gasteiger partial charge on any atom is -0.388 e. The largest absolute Gasteiger partial charge is 0.388 e. The smallest absolute Gasteiger partial charge is 0.0822 e. The van der Waals surface area contributed by atoms with Crippen molar-refractivity contribution >= 4 is 0 Å². The number of rotatable bonds is 4. The molecule has 1 unspecified atom stereocenters. The van der Waals surface area contributed by atoms with Gasteiger partial charge in [0.25, 0.3) is 0 Å². The molecule has 3 nitrogen and oxygen atoms in total. The molecule has 17 heavy (non-hydrogen) atoms. The van der Waals surface area contributed by atoms with Gasteiger partial charge in [0.1, 0.15) is 0 Å². The number of aliphatic hydroxyl groups is 1. The maximum absolute atomic E-state index is 10.5. The van der Waals surface area contributed by atoms with E-state index in [1.807, 2.05) is 18.2 Å². The van der Waals surface area contributed by atoms with E-state index in [4.69, 9.17) is 10.5 Å². The zero-order valence-electron chi connectivity index (χ0n) is 10.1. The summed E-state index contributed by atoms with van der Waals surface area (Å²) in [7, 11) is 0. The van der Waals surface area contributed by atoms with E-state index in [9.17, 15) is 5.11 Å². The van der Waals surface area contributed by atoms with Crippen LogP contribution in [0.15, 0.2) is 24.3 Å². The zero-order chi connectivity index (χ0) is 12.1. The van der Waals surface area contributed by atoms with Gasteiger partial charge in [-0.3, -0.25) is 0 Å². The number of aliphatic hydroxyl groups excluding tert-OH is 1. The van der Waals surface area contributed by atoms with Gasteiger partial charge in [0.2, 0.25) is 0 Å². The number of hydrogen-bond donors (Lipinski definition) is 2. The fourth-order valence-electron chi connectivity index (χ4n) is 2.49. The summed E-state index contributed by atoms with van der Waals surface area (Å²) in [4.78, 5) is 0. The molecule has 1 fully saturated rings. The highest BCUT2D eigenvalue weighted by atomic mass is 16.5. The highest BCUT2D eigenvalue weighted by Crippen LogP contribution is 2.31. The van der Waals surface area contributed by atoms with Gasteiger partial charge in [-0.1, -0.05) is 24.3 Å². The average molecular weight is 235 g/mol. The van der Waals surface area contributed by atoms with E-state index in [1.165, 1.54) is 5.56 Å². The molecule has 1 aliphatic rings. The molecular weight excluding hydrogens is 214 g/mol. The molecule has 1 aromatic rings. The van der Waals surface area contributed by atoms with Gasteiger partial charge in [-0.05, 0) is 42.9 Å². The Hall–Kier alpha value is -0.900. The van der Waals surface area contributed by atoms with E-state index in [0.29, 0.717) is 12.5 Å². The van der Waals surface area contributed by atoms with Gasteiger partial charge in [-0.25, -0.2) is 0 Å². The fourth-order valence-corrected chi connectivity index (χ4v) is 2.49. The lowest BCUT2D eigenvalue weighted by atomic mass is 9.87. The summed E-state index contributed by atoms with van der Waals surface area (Å²) in [6.07, 6.45) is 2.34. The Balaban J connectivity index is 2.14. The van der Waals surface area contributed by atoms with Gasteiger partial charge in [-0.15, -0.1) is 0 Å². The molecule has 0 aliphatic carbocycles. The van der Waals surface area contributed by atoms with Crippen molar-refractivity contribution < 1.29 is 9.84 Å². The third-order valence-corrected chi connectivity index (χ3v) is 3.50. The van der Waals surface area contributed by atoms with Crippen molar-refractivity contribution in [2.24, 2.45) is 11.7 Å². The summed E-state index contributed by atoms with van der Waals surface area (Å²) in [6, 6.07) is 8.07. The van der Waals surface area contributed by atoms with Crippen LogP contribution in [0.2, 0.25) is 0 Å². The van der Waals surface area contributed by atoms with Crippen molar-refractivity contribution in [3.63, 3.8) is 0 Å². The van der Waals surface area contributed by atoms with Gasteiger partial charge in [0, 0.05) is 13.2 Å². The van der Waals surface area contributed by atoms with Gasteiger partial charge in [0.15, 0.2) is 0 Å². The summed E-state index contributed by atoms with van der Waals surface area (Å²) in [6.45, 7) is 2.15. The van der Waals surface area contributed by atoms with Crippen molar-refractivity contribution in [3.05, 3.63) is 35.4 Å². The van der Waals surface area contributed by atoms with Crippen molar-refractivity contribution in [2.45, 2.75) is 25.4 Å². The Morgan fingerprint density at radius 2 is 2.00 bits per heavy atom. The van der Waals surface area contributed by atoms with Crippen molar-refractivity contribution in [1.82, 2.24) is 0 Å². The summed E-state index contributed by atoms with van der Waals surface area (Å²) in [5, 5.41) is 10.5. The predicted molar refractivity (Wildman–Crippen MR) is 67.7 cm³/mol. The second kappa shape index (κ2) is 6.15. The molecule has 0 saturated carbocycles. The molecule has 3 N–H and O–H groups in total. The van der Waals surface area contributed by atoms with Gasteiger partial charge < -0.3 is 15.6 Å². The molecule has 0 aromatic heterocycles. The Labute approximate surface area is 103 Å². The van der Waals surface area contributed by atoms with Crippen LogP contribution < -0.4 is 5.73 Å². The molecule has 0 amide bonds. The van der Waals surface area contributed by atoms with Crippen LogP contribution in [0.4, 0.5) is 0 Å². The van der Waals surface area contributed by atoms with Crippen LogP contribution in [0.5, 0.6) is 0 Å². The lowest BCUT2D eigenvalue weighted by Crippen LogP contribution is -2.23. The average Bonchev–Trinajstić information content (AvgIpc) is 2.40. The Bertz CT molecular complexity index is 348. The second-order valence-electron chi connectivity index (χ2n) is 4.63. The standard InChI is InChI=1S/C14H21NO2/c15-8-5-11-3-1-2-4-13(11)14(16)12-6-9-17-10-7-12/h1-4,12,14,16H,5-10,15H2. The molecule has 94 valence electrons. The van der Waals surface area contributed by atoms with Crippen LogP contribution in [0.25, 0.3) is 0 Å². The molecule has 0 radical (unpaired) electrons.